The van der Waals surface area contributed by atoms with Gasteiger partial charge in [-0.25, -0.2) is 23.5 Å². The van der Waals surface area contributed by atoms with Crippen LogP contribution in [0.25, 0.3) is 0 Å². The topological polar surface area (TPSA) is 103 Å². The normalized spacial score (nSPS) is 24.1. The highest BCUT2D eigenvalue weighted by Crippen LogP contribution is 2.32. The molecular weight excluding hydrogens is 496 g/mol. The van der Waals surface area contributed by atoms with Gasteiger partial charge in [0.15, 0.2) is 5.75 Å². The molecule has 3 atom stereocenters. The second-order valence-corrected chi connectivity index (χ2v) is 11.1. The number of anilines is 1. The smallest absolute Gasteiger partial charge is 0.409 e. The maximum Gasteiger partial charge on any atom is 0.409 e. The van der Waals surface area contributed by atoms with E-state index in [1.165, 1.54) is 6.07 Å². The molecule has 3 aliphatic heterocycles. The number of rotatable bonds is 7. The van der Waals surface area contributed by atoms with Crippen LogP contribution in [0.4, 0.5) is 19.5 Å². The van der Waals surface area contributed by atoms with E-state index >= 15 is 0 Å². The molecule has 9 nitrogen and oxygen atoms in total. The fraction of sp³-hybridized carbons (Fsp3) is 0.593. The number of amides is 1. The first kappa shape index (κ1) is 26.6. The van der Waals surface area contributed by atoms with Crippen LogP contribution >= 0.6 is 0 Å². The van der Waals surface area contributed by atoms with Gasteiger partial charge in [-0.1, -0.05) is 6.92 Å². The van der Waals surface area contributed by atoms with E-state index in [2.05, 4.69) is 16.9 Å². The number of aromatic nitrogens is 2. The second-order valence-electron chi connectivity index (χ2n) is 11.1. The lowest BCUT2D eigenvalue weighted by Crippen LogP contribution is -2.47. The van der Waals surface area contributed by atoms with E-state index < -0.39 is 11.6 Å². The minimum atomic E-state index is -0.488. The number of likely N-dealkylation sites (tertiary alicyclic amines) is 1. The largest absolute Gasteiger partial charge is 0.487 e. The molecule has 3 fully saturated rings. The first-order valence-electron chi connectivity index (χ1n) is 13.1. The van der Waals surface area contributed by atoms with Crippen molar-refractivity contribution in [1.82, 2.24) is 14.9 Å². The lowest BCUT2D eigenvalue weighted by molar-refractivity contribution is -0.128. The number of halogens is 2. The molecule has 3 aliphatic rings. The summed E-state index contributed by atoms with van der Waals surface area (Å²) < 4.78 is 44.8. The van der Waals surface area contributed by atoms with Gasteiger partial charge in [0.25, 0.3) is 0 Å². The second kappa shape index (κ2) is 11.0. The first-order chi connectivity index (χ1) is 18.2. The molecule has 2 aromatic rings. The van der Waals surface area contributed by atoms with E-state index in [-0.39, 0.29) is 41.1 Å². The van der Waals surface area contributed by atoms with Crippen LogP contribution in [0.1, 0.15) is 38.2 Å². The molecule has 2 N–H and O–H groups in total. The molecule has 0 bridgehead atoms. The van der Waals surface area contributed by atoms with Crippen molar-refractivity contribution in [2.45, 2.75) is 44.8 Å². The van der Waals surface area contributed by atoms with Crippen molar-refractivity contribution in [2.75, 3.05) is 50.9 Å². The molecule has 1 aromatic carbocycles. The van der Waals surface area contributed by atoms with Crippen LogP contribution in [0.3, 0.4) is 0 Å². The van der Waals surface area contributed by atoms with Gasteiger partial charge in [-0.2, -0.15) is 0 Å². The van der Waals surface area contributed by atoms with E-state index in [4.69, 9.17) is 19.9 Å². The Morgan fingerprint density at radius 2 is 1.92 bits per heavy atom. The van der Waals surface area contributed by atoms with Crippen molar-refractivity contribution in [3.63, 3.8) is 0 Å². The molecule has 0 unspecified atom stereocenters. The van der Waals surface area contributed by atoms with Gasteiger partial charge in [0.1, 0.15) is 18.2 Å². The predicted octanol–water partition coefficient (Wildman–Crippen LogP) is 3.34. The number of carbonyl (C=O) groups excluding carboxylic acids is 1. The maximum atomic E-state index is 14.3. The summed E-state index contributed by atoms with van der Waals surface area (Å²) in [6.07, 6.45) is 4.54. The van der Waals surface area contributed by atoms with Gasteiger partial charge < -0.3 is 29.7 Å². The molecule has 5 rings (SSSR count). The first-order valence-corrected chi connectivity index (χ1v) is 13.1. The Morgan fingerprint density at radius 1 is 1.21 bits per heavy atom. The molecule has 1 amide bonds. The van der Waals surface area contributed by atoms with Crippen LogP contribution in [0.15, 0.2) is 30.6 Å². The molecule has 4 heterocycles. The maximum absolute atomic E-state index is 14.3. The molecular formula is C27H35F2N5O4. The molecule has 0 radical (unpaired) electrons. The summed E-state index contributed by atoms with van der Waals surface area (Å²) in [6, 6.07) is 3.07. The average Bonchev–Trinajstić information content (AvgIpc) is 3.29. The van der Waals surface area contributed by atoms with Gasteiger partial charge in [-0.05, 0) is 49.4 Å². The Kier molecular flexibility index (Phi) is 7.67. The van der Waals surface area contributed by atoms with Crippen LogP contribution in [0.2, 0.25) is 0 Å². The van der Waals surface area contributed by atoms with Crippen LogP contribution in [-0.4, -0.2) is 79.1 Å². The zero-order chi connectivity index (χ0) is 26.9. The van der Waals surface area contributed by atoms with Crippen LogP contribution < -0.4 is 15.4 Å². The lowest BCUT2D eigenvalue weighted by Gasteiger charge is -2.38. The Bertz CT molecular complexity index is 1120. The fourth-order valence-electron chi connectivity index (χ4n) is 5.38. The summed E-state index contributed by atoms with van der Waals surface area (Å²) in [7, 11) is 0. The van der Waals surface area contributed by atoms with Gasteiger partial charge >= 0.3 is 6.09 Å². The zero-order valence-electron chi connectivity index (χ0n) is 21.8. The van der Waals surface area contributed by atoms with Crippen molar-refractivity contribution in [2.24, 2.45) is 17.1 Å². The summed E-state index contributed by atoms with van der Waals surface area (Å²) in [6.45, 7) is 7.79. The minimum Gasteiger partial charge on any atom is -0.487 e. The molecule has 1 aromatic heterocycles. The SMILES string of the molecule is C[C@H](Oc1cnc(N2C[C@H](c3cc(F)ccc3F)[C@@H](N)C2)nc1)C1CCN(C(=O)OCC2(C)COC2)CC1. The number of nitrogens with two attached hydrogens (primary N) is 1. The third-order valence-corrected chi connectivity index (χ3v) is 7.85. The van der Waals surface area contributed by atoms with Gasteiger partial charge in [-0.15, -0.1) is 0 Å². The lowest BCUT2D eigenvalue weighted by atomic mass is 9.90. The van der Waals surface area contributed by atoms with Gasteiger partial charge in [-0.3, -0.25) is 0 Å². The number of hydrogen-bond donors (Lipinski definition) is 1. The van der Waals surface area contributed by atoms with Crippen molar-refractivity contribution in [1.29, 1.82) is 0 Å². The summed E-state index contributed by atoms with van der Waals surface area (Å²) in [5.41, 5.74) is 6.47. The molecule has 0 aliphatic carbocycles. The third kappa shape index (κ3) is 5.83. The third-order valence-electron chi connectivity index (χ3n) is 7.85. The Morgan fingerprint density at radius 3 is 2.58 bits per heavy atom. The van der Waals surface area contributed by atoms with Crippen LogP contribution in [0.5, 0.6) is 5.75 Å². The Balaban J connectivity index is 1.10. The summed E-state index contributed by atoms with van der Waals surface area (Å²) >= 11 is 0. The Hall–Kier alpha value is -3.05. The zero-order valence-corrected chi connectivity index (χ0v) is 21.8. The quantitative estimate of drug-likeness (QED) is 0.581. The van der Waals surface area contributed by atoms with Crippen molar-refractivity contribution in [3.05, 3.63) is 47.8 Å². The van der Waals surface area contributed by atoms with Crippen molar-refractivity contribution >= 4 is 12.0 Å². The highest BCUT2D eigenvalue weighted by atomic mass is 19.1. The molecule has 38 heavy (non-hydrogen) atoms. The predicted molar refractivity (Wildman–Crippen MR) is 136 cm³/mol. The standard InChI is InChI=1S/C27H35F2N5O4/c1-17(18-5-7-33(8-6-18)26(35)37-16-27(2)14-36-15-27)38-20-10-31-25(32-11-20)34-12-22(24(30)13-34)21-9-19(28)3-4-23(21)29/h3-4,9-11,17-18,22,24H,5-8,12-16,30H2,1-2H3/t17-,22+,24-/m0/s1. The van der Waals surface area contributed by atoms with E-state index in [0.717, 1.165) is 25.0 Å². The molecule has 0 saturated carbocycles. The molecule has 11 heteroatoms. The Labute approximate surface area is 221 Å². The summed E-state index contributed by atoms with van der Waals surface area (Å²) in [4.78, 5) is 24.9. The number of carbonyl (C=O) groups is 1. The summed E-state index contributed by atoms with van der Waals surface area (Å²) in [5, 5.41) is 0. The number of piperidine rings is 1. The van der Waals surface area contributed by atoms with Gasteiger partial charge in [0.2, 0.25) is 5.95 Å². The van der Waals surface area contributed by atoms with Gasteiger partial charge in [0, 0.05) is 43.6 Å². The highest BCUT2D eigenvalue weighted by Gasteiger charge is 2.37. The van der Waals surface area contributed by atoms with E-state index in [0.29, 0.717) is 57.7 Å². The minimum absolute atomic E-state index is 0.0598. The number of benzene rings is 1. The number of ether oxygens (including phenoxy) is 3. The van der Waals surface area contributed by atoms with Crippen LogP contribution in [0, 0.1) is 23.0 Å². The van der Waals surface area contributed by atoms with Gasteiger partial charge in [0.05, 0.1) is 31.7 Å². The summed E-state index contributed by atoms with van der Waals surface area (Å²) in [5.74, 6) is -0.00529. The molecule has 206 valence electrons. The number of hydrogen-bond acceptors (Lipinski definition) is 8. The van der Waals surface area contributed by atoms with Crippen molar-refractivity contribution in [3.8, 4) is 5.75 Å². The highest BCUT2D eigenvalue weighted by molar-refractivity contribution is 5.67. The average molecular weight is 532 g/mol. The number of nitrogens with zero attached hydrogens (tertiary/aromatic N) is 4. The van der Waals surface area contributed by atoms with E-state index in [1.54, 1.807) is 17.3 Å². The monoisotopic (exact) mass is 531 g/mol. The van der Waals surface area contributed by atoms with E-state index in [9.17, 15) is 13.6 Å². The van der Waals surface area contributed by atoms with Crippen LogP contribution in [-0.2, 0) is 9.47 Å². The molecule has 0 spiro atoms. The van der Waals surface area contributed by atoms with E-state index in [1.807, 2.05) is 11.8 Å². The van der Waals surface area contributed by atoms with Crippen molar-refractivity contribution < 1.29 is 27.8 Å². The molecule has 3 saturated heterocycles. The fourth-order valence-corrected chi connectivity index (χ4v) is 5.38.